The highest BCUT2D eigenvalue weighted by Crippen LogP contribution is 2.10. The summed E-state index contributed by atoms with van der Waals surface area (Å²) in [6.45, 7) is 3.89. The predicted octanol–water partition coefficient (Wildman–Crippen LogP) is 1.76. The van der Waals surface area contributed by atoms with Crippen LogP contribution in [-0.2, 0) is 0 Å². The van der Waals surface area contributed by atoms with Crippen LogP contribution in [0.3, 0.4) is 0 Å². The highest BCUT2D eigenvalue weighted by Gasteiger charge is 2.04. The van der Waals surface area contributed by atoms with Gasteiger partial charge in [-0.05, 0) is 26.0 Å². The summed E-state index contributed by atoms with van der Waals surface area (Å²) in [5.74, 6) is 0.680. The Labute approximate surface area is 87.8 Å². The molecule has 4 nitrogen and oxygen atoms in total. The van der Waals surface area contributed by atoms with E-state index >= 15 is 0 Å². The average molecular weight is 198 g/mol. The first-order valence-electron chi connectivity index (χ1n) is 4.60. The van der Waals surface area contributed by atoms with Crippen LogP contribution in [0.15, 0.2) is 24.4 Å². The molecule has 0 amide bonds. The number of hydrogen-bond acceptors (Lipinski definition) is 3. The standard InChI is InChI=1S/C11H10N4/c1-8-5-9(2)15(14-8)11-6-10(7-12)3-4-13-11/h3-6H,1-2H3. The summed E-state index contributed by atoms with van der Waals surface area (Å²) in [7, 11) is 0. The van der Waals surface area contributed by atoms with Gasteiger partial charge in [0.05, 0.1) is 17.3 Å². The Morgan fingerprint density at radius 2 is 2.13 bits per heavy atom. The summed E-state index contributed by atoms with van der Waals surface area (Å²) < 4.78 is 1.73. The molecule has 0 saturated carbocycles. The monoisotopic (exact) mass is 198 g/mol. The van der Waals surface area contributed by atoms with Crippen LogP contribution in [0.25, 0.3) is 5.82 Å². The van der Waals surface area contributed by atoms with Gasteiger partial charge in [-0.25, -0.2) is 9.67 Å². The van der Waals surface area contributed by atoms with E-state index in [4.69, 9.17) is 5.26 Å². The zero-order valence-electron chi connectivity index (χ0n) is 8.60. The lowest BCUT2D eigenvalue weighted by atomic mass is 10.3. The Hall–Kier alpha value is -2.15. The van der Waals surface area contributed by atoms with E-state index in [0.717, 1.165) is 11.4 Å². The van der Waals surface area contributed by atoms with Gasteiger partial charge >= 0.3 is 0 Å². The second kappa shape index (κ2) is 3.54. The van der Waals surface area contributed by atoms with Gasteiger partial charge in [0.2, 0.25) is 0 Å². The molecule has 0 atom stereocenters. The van der Waals surface area contributed by atoms with Crippen molar-refractivity contribution in [3.63, 3.8) is 0 Å². The van der Waals surface area contributed by atoms with Gasteiger partial charge in [-0.1, -0.05) is 0 Å². The van der Waals surface area contributed by atoms with E-state index in [2.05, 4.69) is 16.2 Å². The van der Waals surface area contributed by atoms with E-state index in [9.17, 15) is 0 Å². The average Bonchev–Trinajstić information content (AvgIpc) is 2.58. The first-order chi connectivity index (χ1) is 7.20. The maximum atomic E-state index is 8.78. The van der Waals surface area contributed by atoms with Crippen molar-refractivity contribution in [2.75, 3.05) is 0 Å². The summed E-state index contributed by atoms with van der Waals surface area (Å²) in [5, 5.41) is 13.1. The fourth-order valence-electron chi connectivity index (χ4n) is 1.46. The Kier molecular flexibility index (Phi) is 2.22. The molecule has 0 aliphatic heterocycles. The smallest absolute Gasteiger partial charge is 0.154 e. The number of aryl methyl sites for hydroxylation is 2. The Balaban J connectivity index is 2.55. The third-order valence-corrected chi connectivity index (χ3v) is 2.10. The lowest BCUT2D eigenvalue weighted by Crippen LogP contribution is -2.01. The van der Waals surface area contributed by atoms with Crippen LogP contribution in [0.5, 0.6) is 0 Å². The lowest BCUT2D eigenvalue weighted by molar-refractivity contribution is 0.805. The van der Waals surface area contributed by atoms with Crippen LogP contribution >= 0.6 is 0 Å². The largest absolute Gasteiger partial charge is 0.237 e. The molecule has 15 heavy (non-hydrogen) atoms. The molecule has 0 unspecified atom stereocenters. The third-order valence-electron chi connectivity index (χ3n) is 2.10. The summed E-state index contributed by atoms with van der Waals surface area (Å²) >= 11 is 0. The molecule has 74 valence electrons. The van der Waals surface area contributed by atoms with Crippen LogP contribution in [0.2, 0.25) is 0 Å². The van der Waals surface area contributed by atoms with Crippen LogP contribution in [0.1, 0.15) is 17.0 Å². The number of pyridine rings is 1. The van der Waals surface area contributed by atoms with Crippen molar-refractivity contribution in [3.8, 4) is 11.9 Å². The molecule has 4 heteroatoms. The zero-order chi connectivity index (χ0) is 10.8. The minimum atomic E-state index is 0.590. The highest BCUT2D eigenvalue weighted by atomic mass is 15.3. The van der Waals surface area contributed by atoms with Crippen molar-refractivity contribution in [1.82, 2.24) is 14.8 Å². The van der Waals surface area contributed by atoms with Crippen molar-refractivity contribution >= 4 is 0 Å². The fraction of sp³-hybridized carbons (Fsp3) is 0.182. The van der Waals surface area contributed by atoms with Gasteiger partial charge in [0.1, 0.15) is 0 Å². The Morgan fingerprint density at radius 1 is 1.33 bits per heavy atom. The lowest BCUT2D eigenvalue weighted by Gasteiger charge is -2.02. The number of nitrogens with zero attached hydrogens (tertiary/aromatic N) is 4. The first-order valence-corrected chi connectivity index (χ1v) is 4.60. The molecule has 2 heterocycles. The van der Waals surface area contributed by atoms with Crippen LogP contribution in [-0.4, -0.2) is 14.8 Å². The SMILES string of the molecule is Cc1cc(C)n(-c2cc(C#N)ccn2)n1. The summed E-state index contributed by atoms with van der Waals surface area (Å²) in [5.41, 5.74) is 2.54. The molecule has 0 bridgehead atoms. The topological polar surface area (TPSA) is 54.5 Å². The minimum Gasteiger partial charge on any atom is -0.237 e. The summed E-state index contributed by atoms with van der Waals surface area (Å²) in [6, 6.07) is 7.45. The number of aromatic nitrogens is 3. The molecule has 2 aromatic heterocycles. The quantitative estimate of drug-likeness (QED) is 0.701. The molecule has 0 radical (unpaired) electrons. The molecule has 0 N–H and O–H groups in total. The van der Waals surface area contributed by atoms with Gasteiger partial charge in [-0.3, -0.25) is 0 Å². The number of hydrogen-bond donors (Lipinski definition) is 0. The molecule has 0 fully saturated rings. The molecule has 0 aliphatic carbocycles. The van der Waals surface area contributed by atoms with Gasteiger partial charge in [-0.2, -0.15) is 10.4 Å². The van der Waals surface area contributed by atoms with Gasteiger partial charge in [0, 0.05) is 18.0 Å². The molecule has 2 aromatic rings. The highest BCUT2D eigenvalue weighted by molar-refractivity contribution is 5.36. The molecule has 0 spiro atoms. The maximum absolute atomic E-state index is 8.78. The van der Waals surface area contributed by atoms with E-state index in [-0.39, 0.29) is 0 Å². The predicted molar refractivity (Wildman–Crippen MR) is 55.5 cm³/mol. The molecule has 0 aromatic carbocycles. The normalized spacial score (nSPS) is 9.93. The maximum Gasteiger partial charge on any atom is 0.154 e. The van der Waals surface area contributed by atoms with Crippen LogP contribution in [0.4, 0.5) is 0 Å². The van der Waals surface area contributed by atoms with Crippen molar-refractivity contribution < 1.29 is 0 Å². The van der Waals surface area contributed by atoms with Gasteiger partial charge < -0.3 is 0 Å². The van der Waals surface area contributed by atoms with E-state index < -0.39 is 0 Å². The minimum absolute atomic E-state index is 0.590. The Morgan fingerprint density at radius 3 is 2.73 bits per heavy atom. The number of nitriles is 1. The molecule has 0 saturated heterocycles. The molecular weight excluding hydrogens is 188 g/mol. The number of rotatable bonds is 1. The van der Waals surface area contributed by atoms with E-state index in [1.165, 1.54) is 0 Å². The van der Waals surface area contributed by atoms with Gasteiger partial charge in [0.25, 0.3) is 0 Å². The second-order valence-electron chi connectivity index (χ2n) is 3.35. The van der Waals surface area contributed by atoms with Crippen molar-refractivity contribution in [2.24, 2.45) is 0 Å². The molecule has 0 aliphatic rings. The van der Waals surface area contributed by atoms with Gasteiger partial charge in [0.15, 0.2) is 5.82 Å². The zero-order valence-corrected chi connectivity index (χ0v) is 8.60. The molecular formula is C11H10N4. The summed E-state index contributed by atoms with van der Waals surface area (Å²) in [4.78, 5) is 4.18. The van der Waals surface area contributed by atoms with Gasteiger partial charge in [-0.15, -0.1) is 0 Å². The van der Waals surface area contributed by atoms with Crippen molar-refractivity contribution in [1.29, 1.82) is 5.26 Å². The van der Waals surface area contributed by atoms with Crippen LogP contribution < -0.4 is 0 Å². The Bertz CT molecular complexity index is 534. The first kappa shape index (κ1) is 9.41. The molecule has 2 rings (SSSR count). The van der Waals surface area contributed by atoms with Crippen molar-refractivity contribution in [2.45, 2.75) is 13.8 Å². The fourth-order valence-corrected chi connectivity index (χ4v) is 1.46. The van der Waals surface area contributed by atoms with Crippen LogP contribution in [0, 0.1) is 25.2 Å². The van der Waals surface area contributed by atoms with E-state index in [1.807, 2.05) is 19.9 Å². The second-order valence-corrected chi connectivity index (χ2v) is 3.35. The third kappa shape index (κ3) is 1.72. The summed E-state index contributed by atoms with van der Waals surface area (Å²) in [6.07, 6.45) is 1.62. The van der Waals surface area contributed by atoms with Crippen molar-refractivity contribution in [3.05, 3.63) is 41.3 Å². The van der Waals surface area contributed by atoms with E-state index in [0.29, 0.717) is 11.4 Å². The van der Waals surface area contributed by atoms with E-state index in [1.54, 1.807) is 23.0 Å².